The number of aliphatic imine (C=N–C) groups is 1. The van der Waals surface area contributed by atoms with E-state index in [0.29, 0.717) is 15.0 Å². The minimum absolute atomic E-state index is 0.105. The van der Waals surface area contributed by atoms with Gasteiger partial charge in [-0.1, -0.05) is 0 Å². The molecule has 3 aromatic carbocycles. The zero-order chi connectivity index (χ0) is 23.3. The van der Waals surface area contributed by atoms with Crippen LogP contribution in [0.15, 0.2) is 89.9 Å². The van der Waals surface area contributed by atoms with Crippen LogP contribution in [0.3, 0.4) is 0 Å². The van der Waals surface area contributed by atoms with Crippen molar-refractivity contribution < 1.29 is 0 Å². The Morgan fingerprint density at radius 3 is 2.00 bits per heavy atom. The molecule has 2 heteroatoms. The summed E-state index contributed by atoms with van der Waals surface area (Å²) in [7, 11) is 0. The Kier molecular flexibility index (Phi) is 7.37. The van der Waals surface area contributed by atoms with Crippen molar-refractivity contribution in [3.05, 3.63) is 102 Å². The first kappa shape index (κ1) is 23.7. The predicted octanol–water partition coefficient (Wildman–Crippen LogP) is 8.18. The van der Waals surface area contributed by atoms with E-state index < -0.39 is 0 Å². The van der Waals surface area contributed by atoms with Crippen LogP contribution in [-0.4, -0.2) is 25.1 Å². The Hall–Kier alpha value is -2.41. The van der Waals surface area contributed by atoms with Gasteiger partial charge in [-0.25, -0.2) is 0 Å². The van der Waals surface area contributed by atoms with Crippen LogP contribution in [0, 0.1) is 0 Å². The molecule has 1 nitrogen and oxygen atoms in total. The molecule has 4 rings (SSSR count). The topological polar surface area (TPSA) is 12.4 Å². The second-order valence-corrected chi connectivity index (χ2v) is 12.1. The molecule has 0 unspecified atom stereocenters. The molecule has 0 radical (unpaired) electrons. The van der Waals surface area contributed by atoms with Gasteiger partial charge < -0.3 is 0 Å². The SMILES string of the molecule is CCCC[Se]C(=NC(C)(C)C)C1(C/C=C/c2ccccc2)c2ccccc2-c2ccccc21. The van der Waals surface area contributed by atoms with Crippen molar-refractivity contribution in [2.45, 2.75) is 63.2 Å². The number of fused-ring (bicyclic) bond motifs is 3. The first-order chi connectivity index (χ1) is 16.0. The summed E-state index contributed by atoms with van der Waals surface area (Å²) in [5.41, 5.74) is 6.53. The Bertz CT molecular complexity index is 1090. The normalized spacial score (nSPS) is 15.0. The molecule has 1 aliphatic carbocycles. The van der Waals surface area contributed by atoms with Crippen molar-refractivity contribution in [1.82, 2.24) is 0 Å². The van der Waals surface area contributed by atoms with Gasteiger partial charge in [0.2, 0.25) is 0 Å². The zero-order valence-electron chi connectivity index (χ0n) is 20.3. The van der Waals surface area contributed by atoms with Crippen LogP contribution < -0.4 is 0 Å². The summed E-state index contributed by atoms with van der Waals surface area (Å²) < 4.78 is 1.39. The first-order valence-electron chi connectivity index (χ1n) is 12.1. The van der Waals surface area contributed by atoms with Crippen LogP contribution in [-0.2, 0) is 5.41 Å². The van der Waals surface area contributed by atoms with Crippen molar-refractivity contribution >= 4 is 25.6 Å². The predicted molar refractivity (Wildman–Crippen MR) is 145 cm³/mol. The van der Waals surface area contributed by atoms with Crippen molar-refractivity contribution in [3.8, 4) is 11.1 Å². The molecule has 0 heterocycles. The van der Waals surface area contributed by atoms with Crippen molar-refractivity contribution in [2.24, 2.45) is 4.99 Å². The summed E-state index contributed by atoms with van der Waals surface area (Å²) in [5.74, 6) is 0. The van der Waals surface area contributed by atoms with Crippen LogP contribution in [0.4, 0.5) is 0 Å². The summed E-state index contributed by atoms with van der Waals surface area (Å²) in [6.45, 7) is 9.00. The summed E-state index contributed by atoms with van der Waals surface area (Å²) >= 11 is 0.342. The number of hydrogen-bond acceptors (Lipinski definition) is 1. The number of allylic oxidation sites excluding steroid dienone is 1. The number of rotatable bonds is 8. The molecule has 3 aromatic rings. The zero-order valence-corrected chi connectivity index (χ0v) is 22.1. The molecule has 0 fully saturated rings. The van der Waals surface area contributed by atoms with Gasteiger partial charge in [0.15, 0.2) is 0 Å². The molecule has 0 spiro atoms. The third-order valence-corrected chi connectivity index (χ3v) is 8.67. The molecule has 0 saturated heterocycles. The van der Waals surface area contributed by atoms with E-state index in [-0.39, 0.29) is 11.0 Å². The van der Waals surface area contributed by atoms with Crippen LogP contribution in [0.2, 0.25) is 5.32 Å². The van der Waals surface area contributed by atoms with Crippen LogP contribution in [0.1, 0.15) is 63.6 Å². The summed E-state index contributed by atoms with van der Waals surface area (Å²) in [4.78, 5) is 5.47. The molecule has 0 amide bonds. The Morgan fingerprint density at radius 2 is 1.42 bits per heavy atom. The van der Waals surface area contributed by atoms with E-state index in [1.807, 2.05) is 0 Å². The molecule has 0 aliphatic heterocycles. The quantitative estimate of drug-likeness (QED) is 0.168. The van der Waals surface area contributed by atoms with Gasteiger partial charge in [-0.2, -0.15) is 0 Å². The fourth-order valence-corrected chi connectivity index (χ4v) is 7.85. The second kappa shape index (κ2) is 10.2. The third-order valence-electron chi connectivity index (χ3n) is 6.14. The minimum atomic E-state index is -0.195. The molecule has 0 bridgehead atoms. The van der Waals surface area contributed by atoms with E-state index >= 15 is 0 Å². The maximum atomic E-state index is 5.47. The van der Waals surface area contributed by atoms with E-state index in [1.54, 1.807) is 0 Å². The summed E-state index contributed by atoms with van der Waals surface area (Å²) in [6, 6.07) is 28.7. The molecule has 0 saturated carbocycles. The number of nitrogens with zero attached hydrogens (tertiary/aromatic N) is 1. The summed E-state index contributed by atoms with van der Waals surface area (Å²) in [6.07, 6.45) is 8.08. The van der Waals surface area contributed by atoms with Crippen LogP contribution >= 0.6 is 0 Å². The second-order valence-electron chi connectivity index (χ2n) is 9.80. The average molecular weight is 501 g/mol. The Balaban J connectivity index is 1.91. The molecule has 33 heavy (non-hydrogen) atoms. The molecule has 170 valence electrons. The van der Waals surface area contributed by atoms with Crippen molar-refractivity contribution in [3.63, 3.8) is 0 Å². The van der Waals surface area contributed by atoms with E-state index in [1.165, 1.54) is 50.6 Å². The third kappa shape index (κ3) is 5.08. The van der Waals surface area contributed by atoms with Gasteiger partial charge >= 0.3 is 207 Å². The Morgan fingerprint density at radius 1 is 0.848 bits per heavy atom. The monoisotopic (exact) mass is 501 g/mol. The van der Waals surface area contributed by atoms with Gasteiger partial charge in [-0.05, 0) is 0 Å². The van der Waals surface area contributed by atoms with Gasteiger partial charge in [0.1, 0.15) is 0 Å². The van der Waals surface area contributed by atoms with Crippen LogP contribution in [0.5, 0.6) is 0 Å². The standard InChI is InChI=1S/C31H35NSe/c1-5-6-23-33-29(32-30(2,3)4)31(22-14-17-24-15-8-7-9-16-24)27-20-12-10-18-25(27)26-19-11-13-21-28(26)31/h7-21H,5-6,22-23H2,1-4H3/b17-14+,32-29?. The van der Waals surface area contributed by atoms with Gasteiger partial charge in [-0.15, -0.1) is 0 Å². The van der Waals surface area contributed by atoms with Crippen molar-refractivity contribution in [2.75, 3.05) is 0 Å². The molecular weight excluding hydrogens is 465 g/mol. The van der Waals surface area contributed by atoms with E-state index in [2.05, 4.69) is 119 Å². The van der Waals surface area contributed by atoms with E-state index in [4.69, 9.17) is 4.99 Å². The van der Waals surface area contributed by atoms with Gasteiger partial charge in [0.25, 0.3) is 0 Å². The fraction of sp³-hybridized carbons (Fsp3) is 0.323. The number of unbranched alkanes of at least 4 members (excludes halogenated alkanes) is 1. The fourth-order valence-electron chi connectivity index (χ4n) is 4.67. The molecular formula is C31H35NSe. The average Bonchev–Trinajstić information content (AvgIpc) is 3.10. The molecule has 0 atom stereocenters. The molecule has 0 aromatic heterocycles. The maximum absolute atomic E-state index is 5.47. The van der Waals surface area contributed by atoms with Gasteiger partial charge in [-0.3, -0.25) is 0 Å². The van der Waals surface area contributed by atoms with Gasteiger partial charge in [0.05, 0.1) is 0 Å². The first-order valence-corrected chi connectivity index (χ1v) is 14.2. The van der Waals surface area contributed by atoms with Gasteiger partial charge in [0, 0.05) is 0 Å². The molecule has 0 N–H and O–H groups in total. The van der Waals surface area contributed by atoms with Crippen molar-refractivity contribution in [1.29, 1.82) is 0 Å². The molecule has 1 aliphatic rings. The van der Waals surface area contributed by atoms with Crippen LogP contribution in [0.25, 0.3) is 17.2 Å². The summed E-state index contributed by atoms with van der Waals surface area (Å²) in [5, 5.41) is 1.24. The number of benzene rings is 3. The van der Waals surface area contributed by atoms with E-state index in [9.17, 15) is 0 Å². The number of hydrogen-bond donors (Lipinski definition) is 0. The van der Waals surface area contributed by atoms with E-state index in [0.717, 1.165) is 6.42 Å². The Labute approximate surface area is 206 Å².